The first-order chi connectivity index (χ1) is 8.25. The monoisotopic (exact) mass is 316 g/mol. The highest BCUT2D eigenvalue weighted by Gasteiger charge is 2.16. The number of ketones is 1. The number of carbonyl (C=O) groups excluding carboxylic acids is 1. The van der Waals surface area contributed by atoms with Crippen molar-refractivity contribution in [1.82, 2.24) is 0 Å². The summed E-state index contributed by atoms with van der Waals surface area (Å²) in [7, 11) is 0. The minimum absolute atomic E-state index is 0.319. The van der Waals surface area contributed by atoms with Gasteiger partial charge in [-0.05, 0) is 53.1 Å². The highest BCUT2D eigenvalue weighted by Crippen LogP contribution is 2.24. The molecule has 1 unspecified atom stereocenters. The van der Waals surface area contributed by atoms with Crippen LogP contribution in [-0.2, 0) is 16.0 Å². The quantitative estimate of drug-likeness (QED) is 0.821. The molecular formula is C13H17BrO2S. The molecule has 2 rings (SSSR count). The number of halogens is 1. The minimum Gasteiger partial charge on any atom is -0.378 e. The number of ether oxygens (including phenoxy) is 1. The fraction of sp³-hybridized carbons (Fsp3) is 0.615. The molecule has 2 heterocycles. The Hall–Kier alpha value is -0.190. The first-order valence-corrected chi connectivity index (χ1v) is 7.78. The van der Waals surface area contributed by atoms with Gasteiger partial charge in [0.25, 0.3) is 0 Å². The summed E-state index contributed by atoms with van der Waals surface area (Å²) in [5.41, 5.74) is 0. The molecule has 0 bridgehead atoms. The first kappa shape index (κ1) is 13.2. The van der Waals surface area contributed by atoms with Gasteiger partial charge in [-0.15, -0.1) is 11.3 Å². The van der Waals surface area contributed by atoms with Crippen LogP contribution in [0.1, 0.15) is 37.0 Å². The lowest BCUT2D eigenvalue weighted by atomic mass is 10.0. The molecule has 0 aliphatic carbocycles. The average molecular weight is 317 g/mol. The van der Waals surface area contributed by atoms with E-state index in [9.17, 15) is 4.79 Å². The largest absolute Gasteiger partial charge is 0.378 e. The van der Waals surface area contributed by atoms with Gasteiger partial charge in [0.15, 0.2) is 0 Å². The minimum atomic E-state index is 0.319. The van der Waals surface area contributed by atoms with Crippen molar-refractivity contribution in [3.63, 3.8) is 0 Å². The molecule has 1 saturated heterocycles. The summed E-state index contributed by atoms with van der Waals surface area (Å²) in [4.78, 5) is 13.0. The van der Waals surface area contributed by atoms with Crippen LogP contribution in [0.25, 0.3) is 0 Å². The number of rotatable bonds is 5. The van der Waals surface area contributed by atoms with E-state index in [2.05, 4.69) is 15.9 Å². The van der Waals surface area contributed by atoms with Crippen LogP contribution in [0.2, 0.25) is 0 Å². The van der Waals surface area contributed by atoms with Gasteiger partial charge in [0, 0.05) is 28.8 Å². The van der Waals surface area contributed by atoms with E-state index in [1.54, 1.807) is 11.3 Å². The normalized spacial score (nSPS) is 20.4. The van der Waals surface area contributed by atoms with Crippen molar-refractivity contribution in [2.45, 2.75) is 44.6 Å². The van der Waals surface area contributed by atoms with Gasteiger partial charge in [-0.3, -0.25) is 4.79 Å². The summed E-state index contributed by atoms with van der Waals surface area (Å²) >= 11 is 5.10. The number of thiophene rings is 1. The molecule has 0 N–H and O–H groups in total. The maximum absolute atomic E-state index is 11.8. The van der Waals surface area contributed by atoms with Crippen molar-refractivity contribution >= 4 is 33.0 Å². The fourth-order valence-electron chi connectivity index (χ4n) is 2.08. The van der Waals surface area contributed by atoms with Crippen LogP contribution in [0.5, 0.6) is 0 Å². The third-order valence-corrected chi connectivity index (χ3v) is 4.99. The summed E-state index contributed by atoms with van der Waals surface area (Å²) in [6.45, 7) is 0.870. The van der Waals surface area contributed by atoms with Gasteiger partial charge in [0.05, 0.1) is 6.10 Å². The molecule has 1 aliphatic rings. The molecule has 0 spiro atoms. The standard InChI is InChI=1S/C13H17BrO2S/c14-12-6-8-17-13(12)9-10(15)4-5-11-3-1-2-7-16-11/h6,8,11H,1-5,7,9H2. The smallest absolute Gasteiger partial charge is 0.138 e. The molecular weight excluding hydrogens is 300 g/mol. The second kappa shape index (κ2) is 6.66. The number of hydrogen-bond acceptors (Lipinski definition) is 3. The predicted molar refractivity (Wildman–Crippen MR) is 73.6 cm³/mol. The van der Waals surface area contributed by atoms with Crippen molar-refractivity contribution in [2.75, 3.05) is 6.61 Å². The Labute approximate surface area is 114 Å². The van der Waals surface area contributed by atoms with Gasteiger partial charge < -0.3 is 4.74 Å². The summed E-state index contributed by atoms with van der Waals surface area (Å²) in [5.74, 6) is 0.322. The Kier molecular flexibility index (Phi) is 5.19. The Morgan fingerprint density at radius 2 is 2.41 bits per heavy atom. The van der Waals surface area contributed by atoms with E-state index in [0.29, 0.717) is 24.7 Å². The van der Waals surface area contributed by atoms with Crippen LogP contribution < -0.4 is 0 Å². The van der Waals surface area contributed by atoms with Crippen LogP contribution in [-0.4, -0.2) is 18.5 Å². The molecule has 94 valence electrons. The van der Waals surface area contributed by atoms with Gasteiger partial charge in [0.1, 0.15) is 5.78 Å². The average Bonchev–Trinajstić information content (AvgIpc) is 2.74. The fourth-order valence-corrected chi connectivity index (χ4v) is 3.60. The van der Waals surface area contributed by atoms with Crippen molar-refractivity contribution in [3.8, 4) is 0 Å². The second-order valence-corrected chi connectivity index (χ2v) is 6.29. The Bertz CT molecular complexity index is 369. The molecule has 2 nitrogen and oxygen atoms in total. The lowest BCUT2D eigenvalue weighted by Gasteiger charge is -2.22. The van der Waals surface area contributed by atoms with Gasteiger partial charge in [-0.2, -0.15) is 0 Å². The van der Waals surface area contributed by atoms with Crippen molar-refractivity contribution in [1.29, 1.82) is 0 Å². The molecule has 0 amide bonds. The Morgan fingerprint density at radius 3 is 3.06 bits per heavy atom. The number of hydrogen-bond donors (Lipinski definition) is 0. The molecule has 4 heteroatoms. The second-order valence-electron chi connectivity index (χ2n) is 4.43. The maximum Gasteiger partial charge on any atom is 0.138 e. The molecule has 1 aromatic heterocycles. The molecule has 1 aromatic rings. The van der Waals surface area contributed by atoms with Crippen LogP contribution >= 0.6 is 27.3 Å². The molecule has 0 saturated carbocycles. The summed E-state index contributed by atoms with van der Waals surface area (Å²) in [6.07, 6.45) is 5.96. The van der Waals surface area contributed by atoms with Crippen molar-refractivity contribution in [2.24, 2.45) is 0 Å². The molecule has 1 fully saturated rings. The Balaban J connectivity index is 1.72. The van der Waals surface area contributed by atoms with Gasteiger partial charge in [0.2, 0.25) is 0 Å². The van der Waals surface area contributed by atoms with Crippen LogP contribution in [0.3, 0.4) is 0 Å². The highest BCUT2D eigenvalue weighted by atomic mass is 79.9. The topological polar surface area (TPSA) is 26.3 Å². The predicted octanol–water partition coefficient (Wildman–Crippen LogP) is 3.97. The molecule has 0 radical (unpaired) electrons. The van der Waals surface area contributed by atoms with Crippen LogP contribution in [0, 0.1) is 0 Å². The summed E-state index contributed by atoms with van der Waals surface area (Å²) in [5, 5.41) is 2.01. The zero-order valence-electron chi connectivity index (χ0n) is 9.78. The van der Waals surface area contributed by atoms with Gasteiger partial charge >= 0.3 is 0 Å². The summed E-state index contributed by atoms with van der Waals surface area (Å²) in [6, 6.07) is 2.00. The van der Waals surface area contributed by atoms with E-state index >= 15 is 0 Å². The zero-order chi connectivity index (χ0) is 12.1. The van der Waals surface area contributed by atoms with E-state index in [1.807, 2.05) is 11.4 Å². The van der Waals surface area contributed by atoms with Gasteiger partial charge in [-0.1, -0.05) is 0 Å². The highest BCUT2D eigenvalue weighted by molar-refractivity contribution is 9.10. The molecule has 1 atom stereocenters. The van der Waals surface area contributed by atoms with E-state index in [-0.39, 0.29) is 0 Å². The number of carbonyl (C=O) groups is 1. The van der Waals surface area contributed by atoms with E-state index in [4.69, 9.17) is 4.74 Å². The van der Waals surface area contributed by atoms with E-state index in [1.165, 1.54) is 12.8 Å². The Morgan fingerprint density at radius 1 is 1.53 bits per heavy atom. The van der Waals surface area contributed by atoms with Crippen molar-refractivity contribution in [3.05, 3.63) is 20.8 Å². The van der Waals surface area contributed by atoms with Crippen LogP contribution in [0.4, 0.5) is 0 Å². The molecule has 17 heavy (non-hydrogen) atoms. The SMILES string of the molecule is O=C(CCC1CCCCO1)Cc1sccc1Br. The first-order valence-electron chi connectivity index (χ1n) is 6.11. The lowest BCUT2D eigenvalue weighted by Crippen LogP contribution is -2.20. The number of Topliss-reactive ketones (excluding diaryl/α,β-unsaturated/α-hetero) is 1. The summed E-state index contributed by atoms with van der Waals surface area (Å²) < 4.78 is 6.69. The maximum atomic E-state index is 11.8. The molecule has 0 aromatic carbocycles. The van der Waals surface area contributed by atoms with Gasteiger partial charge in [-0.25, -0.2) is 0 Å². The third kappa shape index (κ3) is 4.19. The lowest BCUT2D eigenvalue weighted by molar-refractivity contribution is -0.119. The zero-order valence-corrected chi connectivity index (χ0v) is 12.2. The van der Waals surface area contributed by atoms with Crippen molar-refractivity contribution < 1.29 is 9.53 Å². The van der Waals surface area contributed by atoms with E-state index in [0.717, 1.165) is 28.8 Å². The molecule has 1 aliphatic heterocycles. The van der Waals surface area contributed by atoms with E-state index < -0.39 is 0 Å². The third-order valence-electron chi connectivity index (χ3n) is 3.07. The van der Waals surface area contributed by atoms with Crippen LogP contribution in [0.15, 0.2) is 15.9 Å².